The van der Waals surface area contributed by atoms with Crippen LogP contribution in [-0.4, -0.2) is 28.7 Å². The number of hydrogen-bond acceptors (Lipinski definition) is 5. The van der Waals surface area contributed by atoms with Gasteiger partial charge in [0.2, 0.25) is 10.1 Å². The second-order valence-corrected chi connectivity index (χ2v) is 4.98. The molecular weight excluding hydrogens is 236 g/mol. The lowest BCUT2D eigenvalue weighted by Crippen LogP contribution is -2.32. The van der Waals surface area contributed by atoms with Crippen molar-refractivity contribution in [2.75, 3.05) is 11.9 Å². The Balaban J connectivity index is 2.48. The van der Waals surface area contributed by atoms with Gasteiger partial charge in [-0.25, -0.2) is 0 Å². The molecule has 1 aromatic rings. The summed E-state index contributed by atoms with van der Waals surface area (Å²) in [5, 5.41) is 15.0. The fraction of sp³-hybridized carbons (Fsp3) is 0.727. The van der Waals surface area contributed by atoms with Crippen molar-refractivity contribution in [1.82, 2.24) is 15.5 Å². The molecule has 0 bridgehead atoms. The molecule has 1 unspecified atom stereocenters. The molecule has 0 saturated heterocycles. The average Bonchev–Trinajstić information content (AvgIpc) is 2.75. The number of carbonyl (C=O) groups excluding carboxylic acids is 1. The Morgan fingerprint density at radius 1 is 1.35 bits per heavy atom. The van der Waals surface area contributed by atoms with Crippen molar-refractivity contribution in [2.24, 2.45) is 0 Å². The molecule has 1 heterocycles. The predicted molar refractivity (Wildman–Crippen MR) is 70.5 cm³/mol. The Morgan fingerprint density at radius 2 is 2.12 bits per heavy atom. The van der Waals surface area contributed by atoms with Gasteiger partial charge in [0, 0.05) is 12.6 Å². The van der Waals surface area contributed by atoms with Gasteiger partial charge in [-0.1, -0.05) is 31.6 Å². The summed E-state index contributed by atoms with van der Waals surface area (Å²) in [6.07, 6.45) is 3.06. The maximum atomic E-state index is 11.8. The zero-order valence-electron chi connectivity index (χ0n) is 10.6. The molecule has 1 atom stereocenters. The number of carbonyl (C=O) groups is 1. The van der Waals surface area contributed by atoms with Crippen LogP contribution in [0.2, 0.25) is 0 Å². The first-order valence-electron chi connectivity index (χ1n) is 6.05. The van der Waals surface area contributed by atoms with E-state index in [1.807, 2.05) is 6.92 Å². The van der Waals surface area contributed by atoms with Gasteiger partial charge in [-0.3, -0.25) is 4.79 Å². The van der Waals surface area contributed by atoms with Crippen molar-refractivity contribution >= 4 is 22.4 Å². The summed E-state index contributed by atoms with van der Waals surface area (Å²) in [5.74, 6) is -0.131. The highest BCUT2D eigenvalue weighted by Crippen LogP contribution is 2.15. The van der Waals surface area contributed by atoms with Gasteiger partial charge < -0.3 is 10.6 Å². The molecule has 0 saturated carbocycles. The van der Waals surface area contributed by atoms with Crippen LogP contribution in [0.5, 0.6) is 0 Å². The van der Waals surface area contributed by atoms with Gasteiger partial charge in [-0.2, -0.15) is 0 Å². The molecule has 17 heavy (non-hydrogen) atoms. The minimum Gasteiger partial charge on any atom is -0.360 e. The first-order chi connectivity index (χ1) is 8.17. The van der Waals surface area contributed by atoms with Crippen LogP contribution in [0.1, 0.15) is 49.8 Å². The molecule has 0 aliphatic heterocycles. The average molecular weight is 256 g/mol. The van der Waals surface area contributed by atoms with Gasteiger partial charge >= 0.3 is 0 Å². The largest absolute Gasteiger partial charge is 0.360 e. The Bertz CT molecular complexity index is 353. The number of hydrogen-bond donors (Lipinski definition) is 2. The normalized spacial score (nSPS) is 12.2. The number of nitrogens with one attached hydrogen (secondary N) is 2. The number of rotatable bonds is 7. The van der Waals surface area contributed by atoms with Gasteiger partial charge in [-0.15, -0.1) is 10.2 Å². The van der Waals surface area contributed by atoms with E-state index in [2.05, 4.69) is 34.7 Å². The minimum absolute atomic E-state index is 0.131. The molecule has 1 aromatic heterocycles. The van der Waals surface area contributed by atoms with Crippen molar-refractivity contribution in [1.29, 1.82) is 0 Å². The van der Waals surface area contributed by atoms with Gasteiger partial charge in [0.05, 0.1) is 0 Å². The van der Waals surface area contributed by atoms with Gasteiger partial charge in [0.25, 0.3) is 5.91 Å². The number of amides is 1. The van der Waals surface area contributed by atoms with Gasteiger partial charge in [0.15, 0.2) is 0 Å². The van der Waals surface area contributed by atoms with E-state index in [1.165, 1.54) is 11.3 Å². The fourth-order valence-corrected chi connectivity index (χ4v) is 2.08. The van der Waals surface area contributed by atoms with Crippen LogP contribution in [0, 0.1) is 0 Å². The lowest BCUT2D eigenvalue weighted by atomic mass is 10.2. The summed E-state index contributed by atoms with van der Waals surface area (Å²) < 4.78 is 0. The van der Waals surface area contributed by atoms with E-state index >= 15 is 0 Å². The second-order valence-electron chi connectivity index (χ2n) is 4.00. The fourth-order valence-electron chi connectivity index (χ4n) is 1.41. The second kappa shape index (κ2) is 7.21. The Kier molecular flexibility index (Phi) is 5.90. The summed E-state index contributed by atoms with van der Waals surface area (Å²) in [7, 11) is 0. The van der Waals surface area contributed by atoms with Crippen molar-refractivity contribution < 1.29 is 4.79 Å². The quantitative estimate of drug-likeness (QED) is 0.785. The third-order valence-corrected chi connectivity index (χ3v) is 3.12. The van der Waals surface area contributed by atoms with Crippen LogP contribution in [-0.2, 0) is 0 Å². The van der Waals surface area contributed by atoms with E-state index in [1.54, 1.807) is 0 Å². The Labute approximate surface area is 106 Å². The van der Waals surface area contributed by atoms with E-state index < -0.39 is 0 Å². The maximum Gasteiger partial charge on any atom is 0.282 e. The van der Waals surface area contributed by atoms with Crippen LogP contribution in [0.3, 0.4) is 0 Å². The lowest BCUT2D eigenvalue weighted by Gasteiger charge is -2.10. The Hall–Kier alpha value is -1.17. The predicted octanol–water partition coefficient (Wildman–Crippen LogP) is 2.28. The molecule has 6 heteroatoms. The third-order valence-electron chi connectivity index (χ3n) is 2.24. The van der Waals surface area contributed by atoms with Crippen LogP contribution in [0.15, 0.2) is 0 Å². The highest BCUT2D eigenvalue weighted by atomic mass is 32.1. The smallest absolute Gasteiger partial charge is 0.282 e. The third kappa shape index (κ3) is 4.68. The van der Waals surface area contributed by atoms with Gasteiger partial charge in [0.1, 0.15) is 0 Å². The molecule has 0 radical (unpaired) electrons. The van der Waals surface area contributed by atoms with Crippen molar-refractivity contribution in [3.63, 3.8) is 0 Å². The number of aromatic nitrogens is 2. The van der Waals surface area contributed by atoms with Crippen molar-refractivity contribution in [3.05, 3.63) is 5.01 Å². The molecule has 0 spiro atoms. The topological polar surface area (TPSA) is 66.9 Å². The highest BCUT2D eigenvalue weighted by molar-refractivity contribution is 7.17. The SMILES string of the molecule is CCCNc1nnc(C(=O)NC(C)CCC)s1. The summed E-state index contributed by atoms with van der Waals surface area (Å²) in [6, 6.07) is 0.184. The molecule has 0 aromatic carbocycles. The molecule has 0 fully saturated rings. The number of anilines is 1. The van der Waals surface area contributed by atoms with E-state index in [0.29, 0.717) is 10.1 Å². The monoisotopic (exact) mass is 256 g/mol. The molecular formula is C11H20N4OS. The minimum atomic E-state index is -0.131. The highest BCUT2D eigenvalue weighted by Gasteiger charge is 2.14. The summed E-state index contributed by atoms with van der Waals surface area (Å²) in [6.45, 7) is 7.02. The zero-order chi connectivity index (χ0) is 12.7. The molecule has 0 aliphatic carbocycles. The first-order valence-corrected chi connectivity index (χ1v) is 6.87. The molecule has 1 rings (SSSR count). The molecule has 0 aliphatic rings. The summed E-state index contributed by atoms with van der Waals surface area (Å²) >= 11 is 1.30. The van der Waals surface area contributed by atoms with Crippen LogP contribution < -0.4 is 10.6 Å². The van der Waals surface area contributed by atoms with Crippen molar-refractivity contribution in [3.8, 4) is 0 Å². The van der Waals surface area contributed by atoms with Crippen LogP contribution >= 0.6 is 11.3 Å². The first kappa shape index (κ1) is 13.9. The van der Waals surface area contributed by atoms with E-state index in [-0.39, 0.29) is 11.9 Å². The summed E-state index contributed by atoms with van der Waals surface area (Å²) in [4.78, 5) is 11.8. The molecule has 5 nitrogen and oxygen atoms in total. The van der Waals surface area contributed by atoms with Crippen molar-refractivity contribution in [2.45, 2.75) is 46.1 Å². The standard InChI is InChI=1S/C11H20N4OS/c1-4-6-8(3)13-9(16)10-14-15-11(17-10)12-7-5-2/h8H,4-7H2,1-3H3,(H,12,15)(H,13,16). The Morgan fingerprint density at radius 3 is 2.76 bits per heavy atom. The lowest BCUT2D eigenvalue weighted by molar-refractivity contribution is 0.0937. The maximum absolute atomic E-state index is 11.8. The zero-order valence-corrected chi connectivity index (χ0v) is 11.4. The molecule has 1 amide bonds. The summed E-state index contributed by atoms with van der Waals surface area (Å²) in [5.41, 5.74) is 0. The number of nitrogens with zero attached hydrogens (tertiary/aromatic N) is 2. The molecule has 2 N–H and O–H groups in total. The van der Waals surface area contributed by atoms with Crippen LogP contribution in [0.25, 0.3) is 0 Å². The molecule has 96 valence electrons. The van der Waals surface area contributed by atoms with Crippen LogP contribution in [0.4, 0.5) is 5.13 Å². The van der Waals surface area contributed by atoms with Gasteiger partial charge in [-0.05, 0) is 19.8 Å². The van der Waals surface area contributed by atoms with E-state index in [4.69, 9.17) is 0 Å². The van der Waals surface area contributed by atoms with E-state index in [9.17, 15) is 4.79 Å². The van der Waals surface area contributed by atoms with E-state index in [0.717, 1.165) is 25.8 Å².